The van der Waals surface area contributed by atoms with E-state index in [1.165, 1.54) is 0 Å². The third-order valence-corrected chi connectivity index (χ3v) is 5.10. The van der Waals surface area contributed by atoms with Crippen molar-refractivity contribution in [1.29, 1.82) is 0 Å². The number of carbonyl (C=O) groups is 1. The summed E-state index contributed by atoms with van der Waals surface area (Å²) in [5.74, 6) is 2.66. The zero-order valence-electron chi connectivity index (χ0n) is 15.6. The highest BCUT2D eigenvalue weighted by Gasteiger charge is 2.26. The van der Waals surface area contributed by atoms with Gasteiger partial charge in [0.1, 0.15) is 5.82 Å². The minimum atomic E-state index is 0.144. The van der Waals surface area contributed by atoms with Crippen LogP contribution in [0.1, 0.15) is 56.1 Å². The number of imidazole rings is 1. The Balaban J connectivity index is 1.36. The normalized spacial score (nSPS) is 17.5. The number of piperidine rings is 1. The van der Waals surface area contributed by atoms with Gasteiger partial charge in [0.15, 0.2) is 5.82 Å². The minimum absolute atomic E-state index is 0.144. The van der Waals surface area contributed by atoms with Crippen LogP contribution in [0.2, 0.25) is 0 Å². The van der Waals surface area contributed by atoms with Gasteiger partial charge >= 0.3 is 0 Å². The van der Waals surface area contributed by atoms with Crippen LogP contribution in [0.4, 0.5) is 0 Å². The van der Waals surface area contributed by atoms with Crippen molar-refractivity contribution in [2.75, 3.05) is 13.1 Å². The summed E-state index contributed by atoms with van der Waals surface area (Å²) in [6.45, 7) is 3.60. The molecule has 3 heterocycles. The molecule has 1 atom stereocenters. The van der Waals surface area contributed by atoms with Gasteiger partial charge in [0.05, 0.1) is 11.0 Å². The van der Waals surface area contributed by atoms with Crippen molar-refractivity contribution in [3.8, 4) is 0 Å². The Kier molecular flexibility index (Phi) is 5.18. The van der Waals surface area contributed by atoms with E-state index in [9.17, 15) is 4.79 Å². The van der Waals surface area contributed by atoms with Crippen molar-refractivity contribution in [1.82, 2.24) is 25.0 Å². The molecular formula is C20H25N5O2. The van der Waals surface area contributed by atoms with Crippen LogP contribution in [0.25, 0.3) is 11.0 Å². The molecule has 0 aliphatic carbocycles. The molecule has 2 aromatic heterocycles. The summed E-state index contributed by atoms with van der Waals surface area (Å²) in [5.41, 5.74) is 2.03. The zero-order valence-corrected chi connectivity index (χ0v) is 15.6. The number of aryl methyl sites for hydroxylation is 2. The van der Waals surface area contributed by atoms with E-state index in [4.69, 9.17) is 9.51 Å². The van der Waals surface area contributed by atoms with E-state index in [1.807, 2.05) is 29.2 Å². The molecule has 0 spiro atoms. The van der Waals surface area contributed by atoms with Crippen LogP contribution in [-0.2, 0) is 17.6 Å². The fourth-order valence-corrected chi connectivity index (χ4v) is 3.68. The number of hydrogen-bond donors (Lipinski definition) is 1. The second-order valence-corrected chi connectivity index (χ2v) is 7.17. The van der Waals surface area contributed by atoms with Crippen LogP contribution in [0.15, 0.2) is 28.8 Å². The molecule has 0 unspecified atom stereocenters. The van der Waals surface area contributed by atoms with Gasteiger partial charge in [-0.15, -0.1) is 0 Å². The number of para-hydroxylation sites is 2. The third-order valence-electron chi connectivity index (χ3n) is 5.10. The summed E-state index contributed by atoms with van der Waals surface area (Å²) in [6.07, 6.45) is 4.74. The zero-order chi connectivity index (χ0) is 18.6. The number of nitrogens with zero attached hydrogens (tertiary/aromatic N) is 4. The smallest absolute Gasteiger partial charge is 0.227 e. The first-order valence-corrected chi connectivity index (χ1v) is 9.77. The molecule has 7 heteroatoms. The van der Waals surface area contributed by atoms with Gasteiger partial charge < -0.3 is 14.4 Å². The van der Waals surface area contributed by atoms with Crippen molar-refractivity contribution >= 4 is 16.9 Å². The van der Waals surface area contributed by atoms with Crippen LogP contribution < -0.4 is 0 Å². The Morgan fingerprint density at radius 3 is 3.04 bits per heavy atom. The topological polar surface area (TPSA) is 87.9 Å². The molecule has 1 aromatic carbocycles. The van der Waals surface area contributed by atoms with Crippen molar-refractivity contribution < 1.29 is 9.32 Å². The fraction of sp³-hybridized carbons (Fsp3) is 0.500. The molecule has 7 nitrogen and oxygen atoms in total. The number of nitrogens with one attached hydrogen (secondary N) is 1. The van der Waals surface area contributed by atoms with Gasteiger partial charge in [0.25, 0.3) is 0 Å². The molecule has 142 valence electrons. The molecule has 1 aliphatic rings. The first kappa shape index (κ1) is 17.7. The van der Waals surface area contributed by atoms with E-state index in [1.54, 1.807) is 0 Å². The van der Waals surface area contributed by atoms with E-state index in [2.05, 4.69) is 22.0 Å². The van der Waals surface area contributed by atoms with Crippen molar-refractivity contribution in [2.24, 2.45) is 0 Å². The van der Waals surface area contributed by atoms with Gasteiger partial charge in [0, 0.05) is 38.3 Å². The van der Waals surface area contributed by atoms with Gasteiger partial charge in [-0.3, -0.25) is 4.79 Å². The standard InChI is InChI=1S/C20H25N5O2/c1-2-6-17-23-18(27-24-17)10-11-19(26)25-12-5-7-14(13-25)20-21-15-8-3-4-9-16(15)22-20/h3-4,8-9,14H,2,5-7,10-13H2,1H3,(H,21,22)/t14-/m0/s1. The van der Waals surface area contributed by atoms with Gasteiger partial charge in [-0.1, -0.05) is 24.2 Å². The molecule has 1 saturated heterocycles. The summed E-state index contributed by atoms with van der Waals surface area (Å²) in [6, 6.07) is 8.05. The second kappa shape index (κ2) is 7.90. The quantitative estimate of drug-likeness (QED) is 0.722. The summed E-state index contributed by atoms with van der Waals surface area (Å²) in [7, 11) is 0. The van der Waals surface area contributed by atoms with Crippen LogP contribution in [0.5, 0.6) is 0 Å². The maximum absolute atomic E-state index is 12.7. The van der Waals surface area contributed by atoms with E-state index in [0.29, 0.717) is 25.3 Å². The molecule has 0 bridgehead atoms. The van der Waals surface area contributed by atoms with Gasteiger partial charge in [-0.05, 0) is 31.4 Å². The van der Waals surface area contributed by atoms with Gasteiger partial charge in [-0.25, -0.2) is 4.98 Å². The maximum atomic E-state index is 12.7. The third kappa shape index (κ3) is 4.02. The molecule has 0 radical (unpaired) electrons. The van der Waals surface area contributed by atoms with Crippen LogP contribution >= 0.6 is 0 Å². The van der Waals surface area contributed by atoms with Crippen molar-refractivity contribution in [3.63, 3.8) is 0 Å². The molecular weight excluding hydrogens is 342 g/mol. The second-order valence-electron chi connectivity index (χ2n) is 7.17. The lowest BCUT2D eigenvalue weighted by atomic mass is 9.97. The van der Waals surface area contributed by atoms with E-state index in [-0.39, 0.29) is 11.8 Å². The Morgan fingerprint density at radius 2 is 2.19 bits per heavy atom. The summed E-state index contributed by atoms with van der Waals surface area (Å²) < 4.78 is 5.23. The highest BCUT2D eigenvalue weighted by Crippen LogP contribution is 2.27. The van der Waals surface area contributed by atoms with Gasteiger partial charge in [-0.2, -0.15) is 4.98 Å². The Morgan fingerprint density at radius 1 is 1.30 bits per heavy atom. The molecule has 1 fully saturated rings. The fourth-order valence-electron chi connectivity index (χ4n) is 3.68. The molecule has 3 aromatic rings. The Bertz CT molecular complexity index is 883. The lowest BCUT2D eigenvalue weighted by molar-refractivity contribution is -0.132. The van der Waals surface area contributed by atoms with Crippen molar-refractivity contribution in [3.05, 3.63) is 41.8 Å². The monoisotopic (exact) mass is 367 g/mol. The number of H-pyrrole nitrogens is 1. The average Bonchev–Trinajstić information content (AvgIpc) is 3.33. The highest BCUT2D eigenvalue weighted by atomic mass is 16.5. The number of aromatic amines is 1. The highest BCUT2D eigenvalue weighted by molar-refractivity contribution is 5.77. The molecule has 1 N–H and O–H groups in total. The van der Waals surface area contributed by atoms with E-state index in [0.717, 1.165) is 54.9 Å². The largest absolute Gasteiger partial charge is 0.342 e. The Labute approximate surface area is 158 Å². The number of hydrogen-bond acceptors (Lipinski definition) is 5. The van der Waals surface area contributed by atoms with Crippen LogP contribution in [0, 0.1) is 0 Å². The van der Waals surface area contributed by atoms with Gasteiger partial charge in [0.2, 0.25) is 11.8 Å². The average molecular weight is 367 g/mol. The predicted molar refractivity (Wildman–Crippen MR) is 101 cm³/mol. The number of carbonyl (C=O) groups excluding carboxylic acids is 1. The predicted octanol–water partition coefficient (Wildman–Crippen LogP) is 3.24. The number of likely N-dealkylation sites (tertiary alicyclic amines) is 1. The number of benzene rings is 1. The maximum Gasteiger partial charge on any atom is 0.227 e. The molecule has 27 heavy (non-hydrogen) atoms. The molecule has 1 aliphatic heterocycles. The minimum Gasteiger partial charge on any atom is -0.342 e. The summed E-state index contributed by atoms with van der Waals surface area (Å²) >= 11 is 0. The first-order chi connectivity index (χ1) is 13.2. The van der Waals surface area contributed by atoms with E-state index >= 15 is 0 Å². The van der Waals surface area contributed by atoms with Crippen molar-refractivity contribution in [2.45, 2.75) is 51.4 Å². The number of amides is 1. The number of rotatable bonds is 6. The summed E-state index contributed by atoms with van der Waals surface area (Å²) in [5, 5.41) is 3.95. The lowest BCUT2D eigenvalue weighted by Gasteiger charge is -2.31. The molecule has 4 rings (SSSR count). The number of aromatic nitrogens is 4. The molecule has 1 amide bonds. The SMILES string of the molecule is CCCc1noc(CCC(=O)N2CCC[C@H](c3nc4ccccc4[nH]3)C2)n1. The summed E-state index contributed by atoms with van der Waals surface area (Å²) in [4.78, 5) is 27.1. The Hall–Kier alpha value is -2.70. The molecule has 0 saturated carbocycles. The van der Waals surface area contributed by atoms with Crippen LogP contribution in [-0.4, -0.2) is 44.0 Å². The van der Waals surface area contributed by atoms with Crippen LogP contribution in [0.3, 0.4) is 0 Å². The first-order valence-electron chi connectivity index (χ1n) is 9.77. The lowest BCUT2D eigenvalue weighted by Crippen LogP contribution is -2.39. The van der Waals surface area contributed by atoms with E-state index < -0.39 is 0 Å². The number of fused-ring (bicyclic) bond motifs is 1.